The van der Waals surface area contributed by atoms with E-state index in [0.717, 1.165) is 78.0 Å². The van der Waals surface area contributed by atoms with Crippen molar-refractivity contribution in [2.24, 2.45) is 0 Å². The van der Waals surface area contributed by atoms with Crippen molar-refractivity contribution in [3.8, 4) is 78.6 Å². The van der Waals surface area contributed by atoms with Gasteiger partial charge in [0.05, 0.1) is 28.0 Å². The van der Waals surface area contributed by atoms with Crippen LogP contribution in [-0.2, 0) is 16.2 Å². The summed E-state index contributed by atoms with van der Waals surface area (Å²) < 4.78 is 2.26. The van der Waals surface area contributed by atoms with E-state index in [1.165, 1.54) is 16.7 Å². The quantitative estimate of drug-likeness (QED) is 0.157. The van der Waals surface area contributed by atoms with Gasteiger partial charge in [0.25, 0.3) is 0 Å². The number of phenolic OH excluding ortho intramolecular Hbond substituents is 1. The molecule has 0 aliphatic heterocycles. The minimum Gasteiger partial charge on any atom is -0.507 e. The third-order valence-corrected chi connectivity index (χ3v) is 13.8. The molecule has 69 heavy (non-hydrogen) atoms. The molecule has 2 heterocycles. The van der Waals surface area contributed by atoms with Gasteiger partial charge in [-0.1, -0.05) is 195 Å². The molecular formula is C65H59N3O. The van der Waals surface area contributed by atoms with Gasteiger partial charge in [-0.25, -0.2) is 4.98 Å². The highest BCUT2D eigenvalue weighted by Crippen LogP contribution is 2.44. The first-order valence-corrected chi connectivity index (χ1v) is 24.0. The lowest BCUT2D eigenvalue weighted by Gasteiger charge is -2.26. The second-order valence-corrected chi connectivity index (χ2v) is 20.9. The zero-order valence-electron chi connectivity index (χ0n) is 40.9. The van der Waals surface area contributed by atoms with Crippen LogP contribution in [0.2, 0.25) is 0 Å². The fraction of sp³-hybridized carbons (Fsp3) is 0.169. The summed E-state index contributed by atoms with van der Waals surface area (Å²) in [6.07, 6.45) is 1.93. The average Bonchev–Trinajstić information content (AvgIpc) is 3.76. The summed E-state index contributed by atoms with van der Waals surface area (Å²) >= 11 is 0. The van der Waals surface area contributed by atoms with Gasteiger partial charge in [0.2, 0.25) is 0 Å². The van der Waals surface area contributed by atoms with Crippen LogP contribution >= 0.6 is 0 Å². The second kappa shape index (κ2) is 17.7. The molecule has 10 rings (SSSR count). The van der Waals surface area contributed by atoms with Crippen LogP contribution in [0.25, 0.3) is 83.9 Å². The number of aromatic nitrogens is 3. The Morgan fingerprint density at radius 2 is 0.957 bits per heavy atom. The Bertz CT molecular complexity index is 3480. The second-order valence-electron chi connectivity index (χ2n) is 20.9. The number of fused-ring (bicyclic) bond motifs is 1. The van der Waals surface area contributed by atoms with Crippen LogP contribution < -0.4 is 0 Å². The highest BCUT2D eigenvalue weighted by molar-refractivity contribution is 5.98. The smallest absolute Gasteiger partial charge is 0.149 e. The summed E-state index contributed by atoms with van der Waals surface area (Å²) in [5.74, 6) is 0.857. The molecule has 0 bridgehead atoms. The molecule has 0 amide bonds. The standard InChI is InChI=1S/C65H59N3O/c1-63(2,3)51-30-32-58(55(41-51)44-22-14-10-15-23-44)68-59-29-19-28-54(61(59)67-62(68)56-42-52(64(4,5)6)31-33-60(56)69)48-36-47(43-20-12-9-13-21-43)37-49(38-48)57-40-46(34-35-66-57)45-24-18-27-53(39-45)65(7,8)50-25-16-11-17-26-50/h9-42,69H,1-8H3. The van der Waals surface area contributed by atoms with Crippen molar-refractivity contribution in [3.05, 3.63) is 229 Å². The molecule has 10 aromatic rings. The minimum atomic E-state index is -0.174. The third kappa shape index (κ3) is 8.80. The largest absolute Gasteiger partial charge is 0.507 e. The number of hydrogen-bond donors (Lipinski definition) is 1. The maximum absolute atomic E-state index is 11.9. The molecule has 2 aromatic heterocycles. The molecule has 8 aromatic carbocycles. The first-order chi connectivity index (χ1) is 33.1. The molecule has 340 valence electrons. The van der Waals surface area contributed by atoms with Gasteiger partial charge in [0.15, 0.2) is 0 Å². The number of pyridine rings is 1. The van der Waals surface area contributed by atoms with E-state index in [2.05, 4.69) is 248 Å². The van der Waals surface area contributed by atoms with Crippen molar-refractivity contribution in [1.82, 2.24) is 14.5 Å². The van der Waals surface area contributed by atoms with Crippen molar-refractivity contribution in [1.29, 1.82) is 0 Å². The van der Waals surface area contributed by atoms with E-state index in [0.29, 0.717) is 11.4 Å². The first-order valence-electron chi connectivity index (χ1n) is 24.0. The Balaban J connectivity index is 1.19. The van der Waals surface area contributed by atoms with Crippen LogP contribution in [0, 0.1) is 0 Å². The van der Waals surface area contributed by atoms with Gasteiger partial charge in [-0.2, -0.15) is 0 Å². The monoisotopic (exact) mass is 897 g/mol. The molecule has 4 nitrogen and oxygen atoms in total. The molecule has 4 heteroatoms. The SMILES string of the molecule is CC(C)(C)c1ccc(O)c(-c2nc3c(-c4cc(-c5ccccc5)cc(-c5cc(-c6cccc(C(C)(C)c7ccccc7)c6)ccn5)c4)cccc3n2-c2ccc(C(C)(C)C)cc2-c2ccccc2)c1. The number of benzene rings is 8. The van der Waals surface area contributed by atoms with Gasteiger partial charge < -0.3 is 5.11 Å². The summed E-state index contributed by atoms with van der Waals surface area (Å²) in [7, 11) is 0. The molecule has 0 fully saturated rings. The van der Waals surface area contributed by atoms with Crippen LogP contribution in [0.4, 0.5) is 0 Å². The molecule has 0 saturated carbocycles. The van der Waals surface area contributed by atoms with E-state index < -0.39 is 0 Å². The highest BCUT2D eigenvalue weighted by Gasteiger charge is 2.27. The van der Waals surface area contributed by atoms with Crippen LogP contribution in [0.5, 0.6) is 5.75 Å². The summed E-state index contributed by atoms with van der Waals surface area (Å²) in [5.41, 5.74) is 18.4. The fourth-order valence-corrected chi connectivity index (χ4v) is 9.59. The molecule has 0 unspecified atom stereocenters. The molecule has 0 spiro atoms. The molecule has 0 saturated heterocycles. The van der Waals surface area contributed by atoms with Crippen molar-refractivity contribution in [2.45, 2.75) is 71.6 Å². The predicted molar refractivity (Wildman–Crippen MR) is 289 cm³/mol. The number of rotatable bonds is 9. The Kier molecular flexibility index (Phi) is 11.5. The molecular weight excluding hydrogens is 839 g/mol. The normalized spacial score (nSPS) is 12.1. The first kappa shape index (κ1) is 45.0. The van der Waals surface area contributed by atoms with Gasteiger partial charge in [0, 0.05) is 28.3 Å². The van der Waals surface area contributed by atoms with Gasteiger partial charge in [0.1, 0.15) is 11.6 Å². The summed E-state index contributed by atoms with van der Waals surface area (Å²) in [5, 5.41) is 11.9. The van der Waals surface area contributed by atoms with Crippen LogP contribution in [0.3, 0.4) is 0 Å². The van der Waals surface area contributed by atoms with Crippen LogP contribution in [0.1, 0.15) is 77.6 Å². The highest BCUT2D eigenvalue weighted by atomic mass is 16.3. The third-order valence-electron chi connectivity index (χ3n) is 13.8. The topological polar surface area (TPSA) is 50.9 Å². The average molecular weight is 898 g/mol. The van der Waals surface area contributed by atoms with Crippen LogP contribution in [0.15, 0.2) is 206 Å². The van der Waals surface area contributed by atoms with E-state index in [4.69, 9.17) is 9.97 Å². The minimum absolute atomic E-state index is 0.0758. The van der Waals surface area contributed by atoms with E-state index in [-0.39, 0.29) is 22.0 Å². The van der Waals surface area contributed by atoms with Gasteiger partial charge in [-0.05, 0) is 127 Å². The van der Waals surface area contributed by atoms with Crippen molar-refractivity contribution >= 4 is 11.0 Å². The molecule has 0 aliphatic rings. The maximum atomic E-state index is 11.9. The number of nitrogens with zero attached hydrogens (tertiary/aromatic N) is 3. The number of aromatic hydroxyl groups is 1. The van der Waals surface area contributed by atoms with E-state index in [1.807, 2.05) is 18.3 Å². The predicted octanol–water partition coefficient (Wildman–Crippen LogP) is 17.0. The summed E-state index contributed by atoms with van der Waals surface area (Å²) in [4.78, 5) is 10.7. The lowest BCUT2D eigenvalue weighted by Crippen LogP contribution is -2.18. The summed E-state index contributed by atoms with van der Waals surface area (Å²) in [6.45, 7) is 18.0. The number of phenols is 1. The zero-order valence-corrected chi connectivity index (χ0v) is 40.9. The van der Waals surface area contributed by atoms with Gasteiger partial charge in [-0.3, -0.25) is 9.55 Å². The number of hydrogen-bond acceptors (Lipinski definition) is 3. The van der Waals surface area contributed by atoms with E-state index in [1.54, 1.807) is 0 Å². The molecule has 0 radical (unpaired) electrons. The van der Waals surface area contributed by atoms with Gasteiger partial charge in [-0.15, -0.1) is 0 Å². The molecule has 1 N–H and O–H groups in total. The fourth-order valence-electron chi connectivity index (χ4n) is 9.59. The van der Waals surface area contributed by atoms with E-state index >= 15 is 0 Å². The van der Waals surface area contributed by atoms with Crippen molar-refractivity contribution in [2.75, 3.05) is 0 Å². The van der Waals surface area contributed by atoms with Crippen molar-refractivity contribution < 1.29 is 5.11 Å². The number of para-hydroxylation sites is 1. The van der Waals surface area contributed by atoms with E-state index in [9.17, 15) is 5.11 Å². The summed E-state index contributed by atoms with van der Waals surface area (Å²) in [6, 6.07) is 71.1. The zero-order chi connectivity index (χ0) is 48.1. The maximum Gasteiger partial charge on any atom is 0.149 e. The number of imidazole rings is 1. The Morgan fingerprint density at radius 1 is 0.391 bits per heavy atom. The Morgan fingerprint density at radius 3 is 1.65 bits per heavy atom. The lowest BCUT2D eigenvalue weighted by molar-refractivity contribution is 0.475. The lowest BCUT2D eigenvalue weighted by atomic mass is 9.77. The molecule has 0 aliphatic carbocycles. The van der Waals surface area contributed by atoms with Gasteiger partial charge >= 0.3 is 0 Å². The van der Waals surface area contributed by atoms with Crippen molar-refractivity contribution in [3.63, 3.8) is 0 Å². The molecule has 0 atom stereocenters. The Labute approximate surface area is 407 Å². The van der Waals surface area contributed by atoms with Crippen LogP contribution in [-0.4, -0.2) is 19.6 Å². The Hall–Kier alpha value is -7.82.